The summed E-state index contributed by atoms with van der Waals surface area (Å²) in [6.45, 7) is 0.628. The molecule has 0 aromatic heterocycles. The number of primary amides is 1. The second-order valence-corrected chi connectivity index (χ2v) is 4.80. The lowest BCUT2D eigenvalue weighted by molar-refractivity contribution is 0.0907. The van der Waals surface area contributed by atoms with E-state index in [2.05, 4.69) is 0 Å². The zero-order valence-corrected chi connectivity index (χ0v) is 10.5. The summed E-state index contributed by atoms with van der Waals surface area (Å²) >= 11 is 0. The van der Waals surface area contributed by atoms with Crippen LogP contribution in [0, 0.1) is 5.92 Å². The minimum absolute atomic E-state index is 0.101. The van der Waals surface area contributed by atoms with Crippen LogP contribution >= 0.6 is 0 Å². The number of hydrogen-bond donors (Lipinski definition) is 2. The van der Waals surface area contributed by atoms with Crippen LogP contribution in [0.3, 0.4) is 0 Å². The first-order valence-corrected chi connectivity index (χ1v) is 6.48. The number of carbonyl (C=O) groups excluding carboxylic acids is 1. The highest BCUT2D eigenvalue weighted by Crippen LogP contribution is 2.29. The molecule has 1 aliphatic rings. The van der Waals surface area contributed by atoms with Crippen molar-refractivity contribution in [3.05, 3.63) is 29.8 Å². The van der Waals surface area contributed by atoms with Crippen LogP contribution in [0.1, 0.15) is 36.0 Å². The van der Waals surface area contributed by atoms with Crippen molar-refractivity contribution in [3.8, 4) is 5.75 Å². The average molecular weight is 248 g/mol. The number of para-hydroxylation sites is 1. The standard InChI is InChI=1S/C14H20N2O2/c15-9-10-5-1-3-7-12(10)18-13-8-4-2-6-11(13)14(16)17/h2,4,6,8,10,12H,1,3,5,7,9,15H2,(H2,16,17). The van der Waals surface area contributed by atoms with E-state index in [0.717, 1.165) is 19.3 Å². The molecular formula is C14H20N2O2. The molecule has 4 N–H and O–H groups in total. The molecule has 0 bridgehead atoms. The smallest absolute Gasteiger partial charge is 0.252 e. The summed E-state index contributed by atoms with van der Waals surface area (Å²) in [4.78, 5) is 11.3. The molecule has 2 rings (SSSR count). The van der Waals surface area contributed by atoms with Crippen LogP contribution < -0.4 is 16.2 Å². The summed E-state index contributed by atoms with van der Waals surface area (Å²) in [7, 11) is 0. The summed E-state index contributed by atoms with van der Waals surface area (Å²) in [6.07, 6.45) is 4.55. The Morgan fingerprint density at radius 1 is 1.28 bits per heavy atom. The number of nitrogens with two attached hydrogens (primary N) is 2. The van der Waals surface area contributed by atoms with Gasteiger partial charge in [-0.15, -0.1) is 0 Å². The number of ether oxygens (including phenoxy) is 1. The lowest BCUT2D eigenvalue weighted by atomic mass is 9.86. The van der Waals surface area contributed by atoms with Gasteiger partial charge in [-0.2, -0.15) is 0 Å². The van der Waals surface area contributed by atoms with Crippen molar-refractivity contribution in [3.63, 3.8) is 0 Å². The summed E-state index contributed by atoms with van der Waals surface area (Å²) in [5.74, 6) is 0.501. The lowest BCUT2D eigenvalue weighted by Crippen LogP contribution is -2.35. The van der Waals surface area contributed by atoms with E-state index in [1.165, 1.54) is 6.42 Å². The predicted octanol–water partition coefficient (Wildman–Crippen LogP) is 1.68. The van der Waals surface area contributed by atoms with E-state index in [-0.39, 0.29) is 6.10 Å². The quantitative estimate of drug-likeness (QED) is 0.851. The second kappa shape index (κ2) is 5.87. The van der Waals surface area contributed by atoms with Gasteiger partial charge in [0.2, 0.25) is 0 Å². The molecule has 1 saturated carbocycles. The number of rotatable bonds is 4. The predicted molar refractivity (Wildman–Crippen MR) is 70.4 cm³/mol. The molecule has 18 heavy (non-hydrogen) atoms. The van der Waals surface area contributed by atoms with Gasteiger partial charge in [0.25, 0.3) is 5.91 Å². The van der Waals surface area contributed by atoms with Gasteiger partial charge < -0.3 is 16.2 Å². The topological polar surface area (TPSA) is 78.3 Å². The summed E-state index contributed by atoms with van der Waals surface area (Å²) in [5.41, 5.74) is 11.6. The molecule has 1 fully saturated rings. The summed E-state index contributed by atoms with van der Waals surface area (Å²) in [5, 5.41) is 0. The molecule has 0 heterocycles. The van der Waals surface area contributed by atoms with Crippen LogP contribution in [0.15, 0.2) is 24.3 Å². The molecule has 2 atom stereocenters. The van der Waals surface area contributed by atoms with Crippen LogP contribution in [-0.4, -0.2) is 18.6 Å². The second-order valence-electron chi connectivity index (χ2n) is 4.80. The fourth-order valence-corrected chi connectivity index (χ4v) is 2.53. The minimum Gasteiger partial charge on any atom is -0.489 e. The van der Waals surface area contributed by atoms with Crippen LogP contribution in [0.4, 0.5) is 0 Å². The highest BCUT2D eigenvalue weighted by atomic mass is 16.5. The Bertz CT molecular complexity index is 420. The maximum Gasteiger partial charge on any atom is 0.252 e. The van der Waals surface area contributed by atoms with Crippen molar-refractivity contribution in [2.45, 2.75) is 31.8 Å². The SMILES string of the molecule is NCC1CCCCC1Oc1ccccc1C(N)=O. The highest BCUT2D eigenvalue weighted by molar-refractivity contribution is 5.95. The van der Waals surface area contributed by atoms with Crippen molar-refractivity contribution in [2.24, 2.45) is 17.4 Å². The maximum absolute atomic E-state index is 11.3. The van der Waals surface area contributed by atoms with Crippen molar-refractivity contribution in [2.75, 3.05) is 6.54 Å². The largest absolute Gasteiger partial charge is 0.489 e. The third kappa shape index (κ3) is 2.82. The third-order valence-electron chi connectivity index (χ3n) is 3.57. The van der Waals surface area contributed by atoms with E-state index in [9.17, 15) is 4.79 Å². The first-order valence-electron chi connectivity index (χ1n) is 6.48. The van der Waals surface area contributed by atoms with Gasteiger partial charge >= 0.3 is 0 Å². The molecule has 2 unspecified atom stereocenters. The summed E-state index contributed by atoms with van der Waals surface area (Å²) < 4.78 is 5.97. The minimum atomic E-state index is -0.453. The van der Waals surface area contributed by atoms with E-state index in [1.54, 1.807) is 18.2 Å². The first-order chi connectivity index (χ1) is 8.72. The Hall–Kier alpha value is -1.55. The normalized spacial score (nSPS) is 23.6. The van der Waals surface area contributed by atoms with Crippen LogP contribution in [0.2, 0.25) is 0 Å². The van der Waals surface area contributed by atoms with Gasteiger partial charge in [0.15, 0.2) is 0 Å². The highest BCUT2D eigenvalue weighted by Gasteiger charge is 2.26. The molecule has 0 aliphatic heterocycles. The molecule has 0 saturated heterocycles. The van der Waals surface area contributed by atoms with Crippen LogP contribution in [-0.2, 0) is 0 Å². The van der Waals surface area contributed by atoms with E-state index in [4.69, 9.17) is 16.2 Å². The average Bonchev–Trinajstić information content (AvgIpc) is 2.40. The Morgan fingerprint density at radius 2 is 2.00 bits per heavy atom. The third-order valence-corrected chi connectivity index (χ3v) is 3.57. The molecule has 98 valence electrons. The van der Waals surface area contributed by atoms with Gasteiger partial charge in [0.05, 0.1) is 5.56 Å². The Balaban J connectivity index is 2.15. The number of hydrogen-bond acceptors (Lipinski definition) is 3. The molecule has 1 aromatic rings. The Labute approximate surface area is 107 Å². The van der Waals surface area contributed by atoms with Crippen molar-refractivity contribution < 1.29 is 9.53 Å². The van der Waals surface area contributed by atoms with Gasteiger partial charge in [0.1, 0.15) is 11.9 Å². The zero-order chi connectivity index (χ0) is 13.0. The van der Waals surface area contributed by atoms with Gasteiger partial charge in [-0.3, -0.25) is 4.79 Å². The molecule has 1 aliphatic carbocycles. The molecule has 4 nitrogen and oxygen atoms in total. The fourth-order valence-electron chi connectivity index (χ4n) is 2.53. The van der Waals surface area contributed by atoms with Crippen molar-refractivity contribution in [1.82, 2.24) is 0 Å². The van der Waals surface area contributed by atoms with Gasteiger partial charge in [-0.05, 0) is 37.9 Å². The zero-order valence-electron chi connectivity index (χ0n) is 10.5. The molecule has 0 spiro atoms. The van der Waals surface area contributed by atoms with E-state index in [1.807, 2.05) is 6.07 Å². The molecule has 1 aromatic carbocycles. The Morgan fingerprint density at radius 3 is 2.72 bits per heavy atom. The number of amides is 1. The van der Waals surface area contributed by atoms with Crippen LogP contribution in [0.5, 0.6) is 5.75 Å². The molecule has 0 radical (unpaired) electrons. The van der Waals surface area contributed by atoms with Crippen molar-refractivity contribution in [1.29, 1.82) is 0 Å². The van der Waals surface area contributed by atoms with Gasteiger partial charge in [-0.25, -0.2) is 0 Å². The van der Waals surface area contributed by atoms with Gasteiger partial charge in [-0.1, -0.05) is 18.6 Å². The Kier molecular flexibility index (Phi) is 4.20. The molecule has 4 heteroatoms. The molecular weight excluding hydrogens is 228 g/mol. The number of carbonyl (C=O) groups is 1. The van der Waals surface area contributed by atoms with Crippen LogP contribution in [0.25, 0.3) is 0 Å². The summed E-state index contributed by atoms with van der Waals surface area (Å²) in [6, 6.07) is 7.12. The fraction of sp³-hybridized carbons (Fsp3) is 0.500. The lowest BCUT2D eigenvalue weighted by Gasteiger charge is -2.31. The van der Waals surface area contributed by atoms with E-state index in [0.29, 0.717) is 23.8 Å². The van der Waals surface area contributed by atoms with E-state index >= 15 is 0 Å². The van der Waals surface area contributed by atoms with E-state index < -0.39 is 5.91 Å². The molecule has 1 amide bonds. The maximum atomic E-state index is 11.3. The number of benzene rings is 1. The van der Waals surface area contributed by atoms with Gasteiger partial charge in [0, 0.05) is 5.92 Å². The monoisotopic (exact) mass is 248 g/mol. The first kappa shape index (κ1) is 12.9. The van der Waals surface area contributed by atoms with Crippen molar-refractivity contribution >= 4 is 5.91 Å².